The predicted octanol–water partition coefficient (Wildman–Crippen LogP) is 5.61. The van der Waals surface area contributed by atoms with Crippen molar-refractivity contribution < 1.29 is 0 Å². The smallest absolute Gasteiger partial charge is 0.216 e. The summed E-state index contributed by atoms with van der Waals surface area (Å²) in [7, 11) is 0. The summed E-state index contributed by atoms with van der Waals surface area (Å²) in [5.41, 5.74) is 2.37. The van der Waals surface area contributed by atoms with E-state index in [4.69, 9.17) is 12.2 Å². The van der Waals surface area contributed by atoms with Crippen molar-refractivity contribution in [3.05, 3.63) is 55.4 Å². The molecule has 124 valence electrons. The van der Waals surface area contributed by atoms with E-state index in [0.29, 0.717) is 10.6 Å². The number of halogens is 1. The van der Waals surface area contributed by atoms with Gasteiger partial charge in [0.25, 0.3) is 0 Å². The number of thiophene rings is 1. The van der Waals surface area contributed by atoms with Gasteiger partial charge in [-0.05, 0) is 51.3 Å². The van der Waals surface area contributed by atoms with Crippen LogP contribution < -0.4 is 0 Å². The summed E-state index contributed by atoms with van der Waals surface area (Å²) in [6.45, 7) is 6.59. The molecule has 24 heavy (non-hydrogen) atoms. The van der Waals surface area contributed by atoms with Crippen LogP contribution in [0.2, 0.25) is 0 Å². The molecule has 0 saturated heterocycles. The van der Waals surface area contributed by atoms with Crippen molar-refractivity contribution in [1.82, 2.24) is 14.9 Å². The van der Waals surface area contributed by atoms with Gasteiger partial charge >= 0.3 is 0 Å². The fourth-order valence-electron chi connectivity index (χ4n) is 2.22. The van der Waals surface area contributed by atoms with Gasteiger partial charge in [-0.25, -0.2) is 5.10 Å². The Morgan fingerprint density at radius 2 is 1.92 bits per heavy atom. The fourth-order valence-corrected chi connectivity index (χ4v) is 3.69. The van der Waals surface area contributed by atoms with Gasteiger partial charge in [-0.2, -0.15) is 14.9 Å². The standard InChI is InChI=1S/C17H17BrN4S2/c1-17(2,3)12-6-4-11(5-7-12)15-20-21-16(23)22(15)19-10-13-8-9-14(18)24-13/h4-10H,1-3H3,(H,21,23)/b19-10+. The van der Waals surface area contributed by atoms with Gasteiger partial charge in [0.05, 0.1) is 10.0 Å². The highest BCUT2D eigenvalue weighted by atomic mass is 79.9. The maximum atomic E-state index is 5.30. The van der Waals surface area contributed by atoms with Gasteiger partial charge in [-0.3, -0.25) is 0 Å². The number of benzene rings is 1. The number of rotatable bonds is 3. The van der Waals surface area contributed by atoms with Crippen molar-refractivity contribution in [3.63, 3.8) is 0 Å². The van der Waals surface area contributed by atoms with Gasteiger partial charge in [0.2, 0.25) is 4.77 Å². The van der Waals surface area contributed by atoms with E-state index in [2.05, 4.69) is 76.3 Å². The molecule has 4 nitrogen and oxygen atoms in total. The molecule has 0 saturated carbocycles. The third-order valence-corrected chi connectivity index (χ3v) is 5.38. The average Bonchev–Trinajstić information content (AvgIpc) is 3.10. The zero-order valence-corrected chi connectivity index (χ0v) is 16.8. The lowest BCUT2D eigenvalue weighted by molar-refractivity contribution is 0.590. The highest BCUT2D eigenvalue weighted by molar-refractivity contribution is 9.11. The lowest BCUT2D eigenvalue weighted by Gasteiger charge is -2.18. The molecule has 2 heterocycles. The Kier molecular flexibility index (Phi) is 4.85. The third kappa shape index (κ3) is 3.74. The molecular formula is C17H17BrN4S2. The van der Waals surface area contributed by atoms with Crippen LogP contribution in [-0.4, -0.2) is 21.1 Å². The molecule has 0 aliphatic heterocycles. The van der Waals surface area contributed by atoms with Crippen molar-refractivity contribution in [1.29, 1.82) is 0 Å². The summed E-state index contributed by atoms with van der Waals surface area (Å²) in [5, 5.41) is 11.6. The van der Waals surface area contributed by atoms with E-state index in [0.717, 1.165) is 14.2 Å². The van der Waals surface area contributed by atoms with Gasteiger partial charge in [0, 0.05) is 10.4 Å². The van der Waals surface area contributed by atoms with Crippen LogP contribution in [0.5, 0.6) is 0 Å². The van der Waals surface area contributed by atoms with Crippen LogP contribution in [0.25, 0.3) is 11.4 Å². The van der Waals surface area contributed by atoms with E-state index in [1.807, 2.05) is 12.1 Å². The summed E-state index contributed by atoms with van der Waals surface area (Å²) in [6, 6.07) is 12.3. The first kappa shape index (κ1) is 17.3. The van der Waals surface area contributed by atoms with E-state index in [1.54, 1.807) is 22.2 Å². The average molecular weight is 421 g/mol. The van der Waals surface area contributed by atoms with Gasteiger partial charge in [0.15, 0.2) is 5.82 Å². The van der Waals surface area contributed by atoms with Crippen molar-refractivity contribution >= 4 is 45.7 Å². The Labute approximate surface area is 158 Å². The Balaban J connectivity index is 1.95. The first-order chi connectivity index (χ1) is 11.3. The van der Waals surface area contributed by atoms with Crippen LogP contribution in [0.4, 0.5) is 0 Å². The van der Waals surface area contributed by atoms with E-state index in [-0.39, 0.29) is 5.41 Å². The van der Waals surface area contributed by atoms with Crippen LogP contribution in [-0.2, 0) is 5.41 Å². The van der Waals surface area contributed by atoms with Gasteiger partial charge in [-0.15, -0.1) is 11.3 Å². The number of hydrogen-bond donors (Lipinski definition) is 1. The molecule has 0 aliphatic carbocycles. The van der Waals surface area contributed by atoms with Gasteiger partial charge < -0.3 is 0 Å². The lowest BCUT2D eigenvalue weighted by atomic mass is 9.87. The lowest BCUT2D eigenvalue weighted by Crippen LogP contribution is -2.10. The number of aromatic nitrogens is 3. The summed E-state index contributed by atoms with van der Waals surface area (Å²) in [6.07, 6.45) is 1.79. The van der Waals surface area contributed by atoms with E-state index >= 15 is 0 Å². The molecule has 2 aromatic heterocycles. The van der Waals surface area contributed by atoms with Crippen LogP contribution in [0.15, 0.2) is 45.3 Å². The molecule has 0 spiro atoms. The van der Waals surface area contributed by atoms with Crippen LogP contribution in [0.1, 0.15) is 31.2 Å². The first-order valence-electron chi connectivity index (χ1n) is 7.42. The first-order valence-corrected chi connectivity index (χ1v) is 9.44. The number of nitrogens with zero attached hydrogens (tertiary/aromatic N) is 3. The number of aromatic amines is 1. The maximum absolute atomic E-state index is 5.30. The Bertz CT molecular complexity index is 927. The monoisotopic (exact) mass is 420 g/mol. The number of nitrogens with one attached hydrogen (secondary N) is 1. The molecular weight excluding hydrogens is 404 g/mol. The molecule has 1 N–H and O–H groups in total. The van der Waals surface area contributed by atoms with Crippen molar-refractivity contribution in [2.75, 3.05) is 0 Å². The minimum atomic E-state index is 0.119. The SMILES string of the molecule is CC(C)(C)c1ccc(-c2n[nH]c(=S)n2/N=C/c2ccc(Br)s2)cc1. The number of H-pyrrole nitrogens is 1. The topological polar surface area (TPSA) is 46.0 Å². The second-order valence-corrected chi connectivity index (χ2v) is 9.26. The molecule has 0 fully saturated rings. The van der Waals surface area contributed by atoms with E-state index < -0.39 is 0 Å². The summed E-state index contributed by atoms with van der Waals surface area (Å²) in [5.74, 6) is 0.701. The van der Waals surface area contributed by atoms with Crippen molar-refractivity contribution in [2.24, 2.45) is 5.10 Å². The normalized spacial score (nSPS) is 12.2. The predicted molar refractivity (Wildman–Crippen MR) is 107 cm³/mol. The molecule has 1 aromatic carbocycles. The quantitative estimate of drug-likeness (QED) is 0.441. The molecule has 3 aromatic rings. The Morgan fingerprint density at radius 1 is 1.21 bits per heavy atom. The summed E-state index contributed by atoms with van der Waals surface area (Å²) < 4.78 is 3.18. The zero-order valence-electron chi connectivity index (χ0n) is 13.6. The molecule has 0 bridgehead atoms. The largest absolute Gasteiger partial charge is 0.250 e. The molecule has 0 aliphatic rings. The second kappa shape index (κ2) is 6.74. The van der Waals surface area contributed by atoms with Gasteiger partial charge in [-0.1, -0.05) is 45.0 Å². The van der Waals surface area contributed by atoms with E-state index in [9.17, 15) is 0 Å². The summed E-state index contributed by atoms with van der Waals surface area (Å²) >= 11 is 10.4. The molecule has 3 rings (SSSR count). The van der Waals surface area contributed by atoms with Crippen molar-refractivity contribution in [2.45, 2.75) is 26.2 Å². The van der Waals surface area contributed by atoms with Crippen LogP contribution >= 0.6 is 39.5 Å². The Hall–Kier alpha value is -1.57. The highest BCUT2D eigenvalue weighted by Crippen LogP contribution is 2.25. The molecule has 0 unspecified atom stereocenters. The fraction of sp³-hybridized carbons (Fsp3) is 0.235. The second-order valence-electron chi connectivity index (χ2n) is 6.38. The molecule has 0 atom stereocenters. The minimum Gasteiger partial charge on any atom is -0.250 e. The van der Waals surface area contributed by atoms with Gasteiger partial charge in [0.1, 0.15) is 0 Å². The zero-order chi connectivity index (χ0) is 17.3. The minimum absolute atomic E-state index is 0.119. The highest BCUT2D eigenvalue weighted by Gasteiger charge is 2.14. The molecule has 0 radical (unpaired) electrons. The van der Waals surface area contributed by atoms with Crippen LogP contribution in [0.3, 0.4) is 0 Å². The van der Waals surface area contributed by atoms with Crippen molar-refractivity contribution in [3.8, 4) is 11.4 Å². The van der Waals surface area contributed by atoms with E-state index in [1.165, 1.54) is 5.56 Å². The Morgan fingerprint density at radius 3 is 2.50 bits per heavy atom. The summed E-state index contributed by atoms with van der Waals surface area (Å²) in [4.78, 5) is 1.04. The van der Waals surface area contributed by atoms with Crippen LogP contribution in [0, 0.1) is 4.77 Å². The maximum Gasteiger partial charge on any atom is 0.216 e. The molecule has 0 amide bonds. The molecule has 7 heteroatoms. The third-order valence-electron chi connectivity index (χ3n) is 3.55. The number of hydrogen-bond acceptors (Lipinski definition) is 4.